The largest absolute Gasteiger partial charge is 0.334 e. The van der Waals surface area contributed by atoms with Gasteiger partial charge in [0, 0.05) is 24.2 Å². The van der Waals surface area contributed by atoms with Crippen molar-refractivity contribution in [3.05, 3.63) is 35.4 Å². The first kappa shape index (κ1) is 17.9. The zero-order chi connectivity index (χ0) is 14.7. The van der Waals surface area contributed by atoms with Crippen LogP contribution in [0, 0.1) is 11.6 Å². The average Bonchev–Trinajstić information content (AvgIpc) is 3.22. The van der Waals surface area contributed by atoms with E-state index in [0.717, 1.165) is 25.3 Å². The Morgan fingerprint density at radius 2 is 2.10 bits per heavy atom. The fraction of sp³-hybridized carbons (Fsp3) is 0.533. The number of amides is 1. The molecule has 2 rings (SSSR count). The first-order chi connectivity index (χ1) is 9.52. The van der Waals surface area contributed by atoms with Crippen LogP contribution in [-0.2, 0) is 11.3 Å². The Hall–Kier alpha value is -1.20. The normalized spacial score (nSPS) is 15.2. The number of carbonyl (C=O) groups excluding carboxylic acids is 1. The van der Waals surface area contributed by atoms with Gasteiger partial charge in [-0.2, -0.15) is 0 Å². The summed E-state index contributed by atoms with van der Waals surface area (Å²) < 4.78 is 26.6. The number of hydrogen-bond acceptors (Lipinski definition) is 2. The molecular formula is C15H21ClF2N2O. The molecule has 1 aliphatic rings. The summed E-state index contributed by atoms with van der Waals surface area (Å²) >= 11 is 0. The molecule has 21 heavy (non-hydrogen) atoms. The van der Waals surface area contributed by atoms with E-state index in [9.17, 15) is 13.6 Å². The number of nitrogens with two attached hydrogens (primary N) is 1. The molecule has 0 bridgehead atoms. The first-order valence-electron chi connectivity index (χ1n) is 7.03. The summed E-state index contributed by atoms with van der Waals surface area (Å²) in [6, 6.07) is 3.05. The Balaban J connectivity index is 0.00000220. The van der Waals surface area contributed by atoms with E-state index in [-0.39, 0.29) is 30.9 Å². The summed E-state index contributed by atoms with van der Waals surface area (Å²) in [5.74, 6) is -1.37. The highest BCUT2D eigenvalue weighted by molar-refractivity contribution is 5.85. The smallest absolute Gasteiger partial charge is 0.240 e. The lowest BCUT2D eigenvalue weighted by Crippen LogP contribution is -2.44. The molecule has 1 amide bonds. The van der Waals surface area contributed by atoms with Crippen LogP contribution in [0.25, 0.3) is 0 Å². The molecule has 0 heterocycles. The quantitative estimate of drug-likeness (QED) is 0.876. The van der Waals surface area contributed by atoms with Crippen molar-refractivity contribution in [1.82, 2.24) is 4.90 Å². The second-order valence-corrected chi connectivity index (χ2v) is 5.33. The van der Waals surface area contributed by atoms with Crippen LogP contribution in [0.4, 0.5) is 8.78 Å². The molecule has 0 radical (unpaired) electrons. The Kier molecular flexibility index (Phi) is 6.55. The van der Waals surface area contributed by atoms with Crippen LogP contribution in [0.2, 0.25) is 0 Å². The van der Waals surface area contributed by atoms with Gasteiger partial charge >= 0.3 is 0 Å². The molecule has 1 saturated carbocycles. The van der Waals surface area contributed by atoms with Gasteiger partial charge in [-0.3, -0.25) is 4.79 Å². The van der Waals surface area contributed by atoms with Crippen molar-refractivity contribution in [2.45, 2.75) is 51.2 Å². The molecule has 6 heteroatoms. The van der Waals surface area contributed by atoms with Crippen molar-refractivity contribution in [2.24, 2.45) is 5.73 Å². The van der Waals surface area contributed by atoms with Crippen molar-refractivity contribution in [2.75, 3.05) is 0 Å². The minimum atomic E-state index is -0.618. The van der Waals surface area contributed by atoms with Gasteiger partial charge in [0.1, 0.15) is 11.6 Å². The molecule has 1 aromatic rings. The molecule has 0 aromatic heterocycles. The highest BCUT2D eigenvalue weighted by Crippen LogP contribution is 2.29. The molecule has 118 valence electrons. The maximum absolute atomic E-state index is 13.7. The molecule has 0 saturated heterocycles. The summed E-state index contributed by atoms with van der Waals surface area (Å²) in [6.07, 6.45) is 3.30. The van der Waals surface area contributed by atoms with Gasteiger partial charge in [0.15, 0.2) is 0 Å². The van der Waals surface area contributed by atoms with Crippen molar-refractivity contribution in [3.8, 4) is 0 Å². The van der Waals surface area contributed by atoms with E-state index in [1.807, 2.05) is 6.92 Å². The van der Waals surface area contributed by atoms with Gasteiger partial charge in [0.05, 0.1) is 6.04 Å². The molecule has 1 aliphatic carbocycles. The second-order valence-electron chi connectivity index (χ2n) is 5.33. The molecule has 1 fully saturated rings. The number of carbonyl (C=O) groups is 1. The number of nitrogens with zero attached hydrogens (tertiary/aromatic N) is 1. The predicted octanol–water partition coefficient (Wildman–Crippen LogP) is 3.01. The maximum Gasteiger partial charge on any atom is 0.240 e. The van der Waals surface area contributed by atoms with Gasteiger partial charge in [-0.25, -0.2) is 8.78 Å². The van der Waals surface area contributed by atoms with E-state index < -0.39 is 17.7 Å². The lowest BCUT2D eigenvalue weighted by atomic mass is 10.1. The first-order valence-corrected chi connectivity index (χ1v) is 7.03. The summed E-state index contributed by atoms with van der Waals surface area (Å²) in [4.78, 5) is 13.9. The van der Waals surface area contributed by atoms with E-state index in [1.54, 1.807) is 4.90 Å². The molecule has 3 nitrogen and oxygen atoms in total. The summed E-state index contributed by atoms with van der Waals surface area (Å²) in [7, 11) is 0. The van der Waals surface area contributed by atoms with E-state index in [0.29, 0.717) is 12.0 Å². The Labute approximate surface area is 129 Å². The van der Waals surface area contributed by atoms with Crippen LogP contribution < -0.4 is 5.73 Å². The molecule has 1 unspecified atom stereocenters. The maximum atomic E-state index is 13.7. The van der Waals surface area contributed by atoms with Crippen molar-refractivity contribution in [3.63, 3.8) is 0 Å². The summed E-state index contributed by atoms with van der Waals surface area (Å²) in [5, 5.41) is 0. The summed E-state index contributed by atoms with van der Waals surface area (Å²) in [5.41, 5.74) is 6.19. The Morgan fingerprint density at radius 1 is 1.43 bits per heavy atom. The standard InChI is InChI=1S/C15H20F2N2O.ClH/c1-2-3-14(18)15(20)19(12-6-7-12)9-10-4-5-11(16)8-13(10)17;/h4-5,8,12,14H,2-3,6-7,9,18H2,1H3;1H. The van der Waals surface area contributed by atoms with E-state index in [4.69, 9.17) is 5.73 Å². The molecule has 1 aromatic carbocycles. The summed E-state index contributed by atoms with van der Waals surface area (Å²) in [6.45, 7) is 2.13. The second kappa shape index (κ2) is 7.71. The number of halogens is 3. The van der Waals surface area contributed by atoms with Crippen molar-refractivity contribution in [1.29, 1.82) is 0 Å². The minimum Gasteiger partial charge on any atom is -0.334 e. The van der Waals surface area contributed by atoms with Gasteiger partial charge in [0.25, 0.3) is 0 Å². The van der Waals surface area contributed by atoms with E-state index in [1.165, 1.54) is 12.1 Å². The van der Waals surface area contributed by atoms with Crippen LogP contribution in [0.1, 0.15) is 38.2 Å². The van der Waals surface area contributed by atoms with Crippen molar-refractivity contribution < 1.29 is 13.6 Å². The fourth-order valence-corrected chi connectivity index (χ4v) is 2.25. The van der Waals surface area contributed by atoms with Crippen LogP contribution in [0.3, 0.4) is 0 Å². The number of benzene rings is 1. The van der Waals surface area contributed by atoms with Gasteiger partial charge < -0.3 is 10.6 Å². The van der Waals surface area contributed by atoms with Gasteiger partial charge in [-0.1, -0.05) is 19.4 Å². The van der Waals surface area contributed by atoms with Crippen molar-refractivity contribution >= 4 is 18.3 Å². The topological polar surface area (TPSA) is 46.3 Å². The molecule has 0 aliphatic heterocycles. The zero-order valence-electron chi connectivity index (χ0n) is 12.0. The molecule has 1 atom stereocenters. The SMILES string of the molecule is CCCC(N)C(=O)N(Cc1ccc(F)cc1F)C1CC1.Cl. The predicted molar refractivity (Wildman–Crippen MR) is 80.1 cm³/mol. The van der Waals surface area contributed by atoms with Crippen LogP contribution >= 0.6 is 12.4 Å². The van der Waals surface area contributed by atoms with E-state index >= 15 is 0 Å². The fourth-order valence-electron chi connectivity index (χ4n) is 2.25. The minimum absolute atomic E-state index is 0. The van der Waals surface area contributed by atoms with Crippen LogP contribution in [-0.4, -0.2) is 22.9 Å². The monoisotopic (exact) mass is 318 g/mol. The molecular weight excluding hydrogens is 298 g/mol. The molecule has 0 spiro atoms. The van der Waals surface area contributed by atoms with Gasteiger partial charge in [0.2, 0.25) is 5.91 Å². The molecule has 2 N–H and O–H groups in total. The lowest BCUT2D eigenvalue weighted by Gasteiger charge is -2.26. The number of rotatable bonds is 6. The zero-order valence-corrected chi connectivity index (χ0v) is 12.8. The average molecular weight is 319 g/mol. The lowest BCUT2D eigenvalue weighted by molar-refractivity contribution is -0.134. The third kappa shape index (κ3) is 4.64. The third-order valence-corrected chi connectivity index (χ3v) is 3.54. The third-order valence-electron chi connectivity index (χ3n) is 3.54. The Bertz CT molecular complexity index is 495. The Morgan fingerprint density at radius 3 is 2.62 bits per heavy atom. The van der Waals surface area contributed by atoms with Gasteiger partial charge in [-0.05, 0) is 25.3 Å². The highest BCUT2D eigenvalue weighted by atomic mass is 35.5. The highest BCUT2D eigenvalue weighted by Gasteiger charge is 2.34. The van der Waals surface area contributed by atoms with E-state index in [2.05, 4.69) is 0 Å². The van der Waals surface area contributed by atoms with Crippen LogP contribution in [0.15, 0.2) is 18.2 Å². The number of hydrogen-bond donors (Lipinski definition) is 1. The van der Waals surface area contributed by atoms with Gasteiger partial charge in [-0.15, -0.1) is 12.4 Å². The van der Waals surface area contributed by atoms with Crippen LogP contribution in [0.5, 0.6) is 0 Å².